The molecule has 32 valence electrons. The van der Waals surface area contributed by atoms with Crippen molar-refractivity contribution in [1.29, 1.82) is 0 Å². The lowest BCUT2D eigenvalue weighted by Crippen LogP contribution is -1.84. The largest absolute Gasteiger partial charge is 0.0652 e. The first-order valence-electron chi connectivity index (χ1n) is 2.08. The maximum atomic E-state index is 3.16. The van der Waals surface area contributed by atoms with Crippen molar-refractivity contribution in [3.63, 3.8) is 0 Å². The van der Waals surface area contributed by atoms with Gasteiger partial charge in [0, 0.05) is 0 Å². The van der Waals surface area contributed by atoms with Crippen LogP contribution in [-0.2, 0) is 0 Å². The van der Waals surface area contributed by atoms with Crippen molar-refractivity contribution in [3.8, 4) is 0 Å². The highest BCUT2D eigenvalue weighted by atomic mass is 31.1. The molecular formula is C4H6P2. The van der Waals surface area contributed by atoms with E-state index >= 15 is 0 Å². The summed E-state index contributed by atoms with van der Waals surface area (Å²) in [6, 6.07) is 0. The molecule has 0 fully saturated rings. The Morgan fingerprint density at radius 1 is 1.67 bits per heavy atom. The maximum Gasteiger partial charge on any atom is 0.0580 e. The van der Waals surface area contributed by atoms with Gasteiger partial charge in [0.1, 0.15) is 0 Å². The fourth-order valence-corrected chi connectivity index (χ4v) is 1.80. The molecule has 2 heteroatoms. The minimum Gasteiger partial charge on any atom is -0.0652 e. The second kappa shape index (κ2) is 1.90. The van der Waals surface area contributed by atoms with E-state index in [9.17, 15) is 0 Å². The summed E-state index contributed by atoms with van der Waals surface area (Å²) in [6.07, 6.45) is 1.33. The zero-order valence-corrected chi connectivity index (χ0v) is 5.47. The van der Waals surface area contributed by atoms with Gasteiger partial charge in [0.25, 0.3) is 0 Å². The van der Waals surface area contributed by atoms with Gasteiger partial charge in [-0.1, -0.05) is 12.1 Å². The predicted octanol–water partition coefficient (Wildman–Crippen LogP) is 2.27. The van der Waals surface area contributed by atoms with Crippen molar-refractivity contribution in [2.24, 2.45) is 0 Å². The zero-order valence-electron chi connectivity index (χ0n) is 3.68. The molecule has 0 saturated heterocycles. The van der Waals surface area contributed by atoms with E-state index in [-0.39, 0.29) is 0 Å². The fraction of sp³-hybridized carbons (Fsp3) is 0.750. The Morgan fingerprint density at radius 3 is 2.33 bits per heavy atom. The molecule has 0 amide bonds. The summed E-state index contributed by atoms with van der Waals surface area (Å²) in [4.78, 5) is 0. The summed E-state index contributed by atoms with van der Waals surface area (Å²) in [5.74, 6) is 0. The highest BCUT2D eigenvalue weighted by molar-refractivity contribution is 7.71. The normalized spacial score (nSPS) is 32.5. The van der Waals surface area contributed by atoms with Crippen molar-refractivity contribution in [2.45, 2.75) is 18.7 Å². The van der Waals surface area contributed by atoms with Gasteiger partial charge in [-0.15, -0.1) is 0 Å². The van der Waals surface area contributed by atoms with Gasteiger partial charge in [0.15, 0.2) is 0 Å². The van der Waals surface area contributed by atoms with Gasteiger partial charge < -0.3 is 0 Å². The molecule has 1 rings (SSSR count). The highest BCUT2D eigenvalue weighted by Gasteiger charge is 2.00. The van der Waals surface area contributed by atoms with Gasteiger partial charge >= 0.3 is 0 Å². The van der Waals surface area contributed by atoms with Crippen LogP contribution in [0.3, 0.4) is 0 Å². The van der Waals surface area contributed by atoms with Gasteiger partial charge in [0.05, 0.1) is 5.40 Å². The molecule has 0 saturated carbocycles. The quantitative estimate of drug-likeness (QED) is 0.461. The Balaban J connectivity index is 2.31. The van der Waals surface area contributed by atoms with Crippen LogP contribution in [0.25, 0.3) is 0 Å². The van der Waals surface area contributed by atoms with Crippen LogP contribution in [0.2, 0.25) is 0 Å². The summed E-state index contributed by atoms with van der Waals surface area (Å²) in [6.45, 7) is 2.23. The zero-order chi connectivity index (χ0) is 4.41. The third-order valence-corrected chi connectivity index (χ3v) is 3.72. The average molecular weight is 116 g/mol. The Labute approximate surface area is 41.2 Å². The lowest BCUT2D eigenvalue weighted by molar-refractivity contribution is 1.06. The summed E-state index contributed by atoms with van der Waals surface area (Å²) < 4.78 is 0. The Kier molecular flexibility index (Phi) is 1.43. The van der Waals surface area contributed by atoms with E-state index in [1.165, 1.54) is 22.8 Å². The van der Waals surface area contributed by atoms with Crippen molar-refractivity contribution < 1.29 is 0 Å². The lowest BCUT2D eigenvalue weighted by Gasteiger charge is -2.00. The SMILES string of the molecule is CCC1P=C=P1. The van der Waals surface area contributed by atoms with E-state index < -0.39 is 0 Å². The average Bonchev–Trinajstić information content (AvgIpc) is 1.31. The van der Waals surface area contributed by atoms with E-state index in [2.05, 4.69) is 12.1 Å². The van der Waals surface area contributed by atoms with Crippen LogP contribution in [0.1, 0.15) is 13.3 Å². The summed E-state index contributed by atoms with van der Waals surface area (Å²) >= 11 is 0. The van der Waals surface area contributed by atoms with Crippen LogP contribution >= 0.6 is 16.4 Å². The van der Waals surface area contributed by atoms with Crippen molar-refractivity contribution in [1.82, 2.24) is 0 Å². The highest BCUT2D eigenvalue weighted by Crippen LogP contribution is 2.30. The first-order valence-corrected chi connectivity index (χ1v) is 4.01. The molecule has 1 aliphatic rings. The minimum atomic E-state index is 0.949. The number of rotatable bonds is 1. The molecule has 0 atom stereocenters. The monoisotopic (exact) mass is 116 g/mol. The van der Waals surface area contributed by atoms with Crippen LogP contribution in [-0.4, -0.2) is 10.6 Å². The summed E-state index contributed by atoms with van der Waals surface area (Å²) in [7, 11) is 2.89. The van der Waals surface area contributed by atoms with Crippen LogP contribution in [0.5, 0.6) is 0 Å². The van der Waals surface area contributed by atoms with Crippen molar-refractivity contribution in [3.05, 3.63) is 0 Å². The molecule has 0 aromatic carbocycles. The molecule has 0 aromatic rings. The minimum absolute atomic E-state index is 0.949. The molecule has 1 aliphatic heterocycles. The number of hydrogen-bond acceptors (Lipinski definition) is 0. The van der Waals surface area contributed by atoms with Crippen LogP contribution < -0.4 is 0 Å². The second-order valence-corrected chi connectivity index (χ2v) is 4.22. The van der Waals surface area contributed by atoms with Crippen molar-refractivity contribution >= 4 is 21.6 Å². The van der Waals surface area contributed by atoms with Gasteiger partial charge in [-0.05, 0) is 22.8 Å². The topological polar surface area (TPSA) is 0 Å². The van der Waals surface area contributed by atoms with Crippen molar-refractivity contribution in [2.75, 3.05) is 0 Å². The van der Waals surface area contributed by atoms with Gasteiger partial charge in [-0.3, -0.25) is 0 Å². The van der Waals surface area contributed by atoms with Crippen LogP contribution in [0.15, 0.2) is 0 Å². The molecular weight excluding hydrogens is 110 g/mol. The smallest absolute Gasteiger partial charge is 0.0580 e. The molecule has 0 N–H and O–H groups in total. The van der Waals surface area contributed by atoms with Crippen LogP contribution in [0.4, 0.5) is 0 Å². The molecule has 0 aliphatic carbocycles. The van der Waals surface area contributed by atoms with Gasteiger partial charge in [-0.25, -0.2) is 0 Å². The third kappa shape index (κ3) is 0.713. The van der Waals surface area contributed by atoms with E-state index in [0.717, 1.165) is 5.40 Å². The fourth-order valence-electron chi connectivity index (χ4n) is 0.322. The summed E-state index contributed by atoms with van der Waals surface area (Å²) in [5, 5.41) is 4.11. The Bertz CT molecular complexity index is 92.1. The van der Waals surface area contributed by atoms with E-state index in [0.29, 0.717) is 0 Å². The third-order valence-electron chi connectivity index (χ3n) is 0.779. The molecule has 0 aromatic heterocycles. The van der Waals surface area contributed by atoms with Gasteiger partial charge in [-0.2, -0.15) is 0 Å². The predicted molar refractivity (Wildman–Crippen MR) is 32.9 cm³/mol. The maximum absolute atomic E-state index is 3.16. The molecule has 0 spiro atoms. The molecule has 0 bridgehead atoms. The van der Waals surface area contributed by atoms with E-state index in [1.54, 1.807) is 0 Å². The standard InChI is InChI=1S/C4H6P2/c1-2-4-5-3-6-4/h4H,2H2,1H3. The van der Waals surface area contributed by atoms with E-state index in [1.807, 2.05) is 0 Å². The Morgan fingerprint density at radius 2 is 2.33 bits per heavy atom. The van der Waals surface area contributed by atoms with Gasteiger partial charge in [0.2, 0.25) is 0 Å². The molecule has 0 nitrogen and oxygen atoms in total. The number of hydrogen-bond donors (Lipinski definition) is 0. The molecule has 0 unspecified atom stereocenters. The summed E-state index contributed by atoms with van der Waals surface area (Å²) in [5.41, 5.74) is 0. The first kappa shape index (κ1) is 4.54. The second-order valence-electron chi connectivity index (χ2n) is 1.25. The van der Waals surface area contributed by atoms with Crippen LogP contribution in [0, 0.1) is 0 Å². The first-order chi connectivity index (χ1) is 2.93. The molecule has 0 radical (unpaired) electrons. The molecule has 6 heavy (non-hydrogen) atoms. The molecule has 1 heterocycles. The van der Waals surface area contributed by atoms with E-state index in [4.69, 9.17) is 0 Å². The lowest BCUT2D eigenvalue weighted by atomic mass is 10.6. The Hall–Kier alpha value is 0.380.